The van der Waals surface area contributed by atoms with Crippen molar-refractivity contribution in [1.82, 2.24) is 0 Å². The third-order valence-electron chi connectivity index (χ3n) is 1.63. The summed E-state index contributed by atoms with van der Waals surface area (Å²) < 4.78 is 21.7. The van der Waals surface area contributed by atoms with Crippen LogP contribution in [0.5, 0.6) is 0 Å². The third-order valence-corrected chi connectivity index (χ3v) is 3.64. The topological polar surface area (TPSA) is 60.2 Å². The molecule has 1 atom stereocenters. The number of hydrogen-bond donors (Lipinski definition) is 1. The molecule has 3 nitrogen and oxygen atoms in total. The lowest BCUT2D eigenvalue weighted by Gasteiger charge is -2.17. The molecule has 54 valence electrons. The van der Waals surface area contributed by atoms with Crippen molar-refractivity contribution in [3.63, 3.8) is 0 Å². The first-order valence-electron chi connectivity index (χ1n) is 3.10. The van der Waals surface area contributed by atoms with E-state index < -0.39 is 15.2 Å². The maximum absolute atomic E-state index is 10.9. The summed E-state index contributed by atoms with van der Waals surface area (Å²) in [4.78, 5) is 0. The molecule has 0 aromatic carbocycles. The molecule has 0 aromatic rings. The van der Waals surface area contributed by atoms with Crippen LogP contribution < -0.4 is 5.73 Å². The average Bonchev–Trinajstić information content (AvgIpc) is 1.77. The molecule has 1 fully saturated rings. The zero-order valence-electron chi connectivity index (χ0n) is 5.21. The fourth-order valence-electron chi connectivity index (χ4n) is 0.980. The van der Waals surface area contributed by atoms with E-state index in [1.165, 1.54) is 0 Å². The second kappa shape index (κ2) is 2.27. The first kappa shape index (κ1) is 7.02. The largest absolute Gasteiger partial charge is 0.315 e. The van der Waals surface area contributed by atoms with Crippen molar-refractivity contribution in [1.29, 1.82) is 0 Å². The molecule has 0 aromatic heterocycles. The summed E-state index contributed by atoms with van der Waals surface area (Å²) in [5, 5.41) is -0.578. The van der Waals surface area contributed by atoms with Crippen molar-refractivity contribution in [2.75, 3.05) is 5.75 Å². The van der Waals surface area contributed by atoms with Crippen LogP contribution in [0.3, 0.4) is 0 Å². The highest BCUT2D eigenvalue weighted by molar-refractivity contribution is 7.92. The van der Waals surface area contributed by atoms with Crippen LogP contribution in [0.2, 0.25) is 0 Å². The van der Waals surface area contributed by atoms with Crippen molar-refractivity contribution in [2.24, 2.45) is 5.73 Å². The molecule has 1 saturated heterocycles. The van der Waals surface area contributed by atoms with Gasteiger partial charge in [-0.2, -0.15) is 0 Å². The highest BCUT2D eigenvalue weighted by atomic mass is 32.2. The van der Waals surface area contributed by atoms with Gasteiger partial charge in [-0.3, -0.25) is 0 Å². The molecular formula is C5H11NO2S. The predicted octanol–water partition coefficient (Wildman–Crippen LogP) is -0.130. The minimum Gasteiger partial charge on any atom is -0.315 e. The average molecular weight is 149 g/mol. The number of sulfone groups is 1. The minimum atomic E-state index is -2.88. The summed E-state index contributed by atoms with van der Waals surface area (Å²) in [7, 11) is -2.88. The molecule has 2 N–H and O–H groups in total. The standard InChI is InChI=1S/C5H11NO2S/c6-5-3-1-2-4-9(5,7)8/h5H,1-4,6H2. The first-order valence-corrected chi connectivity index (χ1v) is 4.81. The fraction of sp³-hybridized carbons (Fsp3) is 1.00. The number of rotatable bonds is 0. The monoisotopic (exact) mass is 149 g/mol. The molecule has 1 aliphatic rings. The van der Waals surface area contributed by atoms with E-state index in [9.17, 15) is 8.42 Å². The Morgan fingerprint density at radius 3 is 2.33 bits per heavy atom. The Kier molecular flexibility index (Phi) is 1.77. The normalized spacial score (nSPS) is 34.1. The molecule has 9 heavy (non-hydrogen) atoms. The van der Waals surface area contributed by atoms with E-state index in [4.69, 9.17) is 5.73 Å². The summed E-state index contributed by atoms with van der Waals surface area (Å²) >= 11 is 0. The highest BCUT2D eigenvalue weighted by Crippen LogP contribution is 2.14. The van der Waals surface area contributed by atoms with Gasteiger partial charge >= 0.3 is 0 Å². The molecule has 1 aliphatic heterocycles. The van der Waals surface area contributed by atoms with E-state index in [-0.39, 0.29) is 5.75 Å². The van der Waals surface area contributed by atoms with Gasteiger partial charge in [0.1, 0.15) is 5.37 Å². The molecular weight excluding hydrogens is 138 g/mol. The van der Waals surface area contributed by atoms with E-state index in [0.29, 0.717) is 6.42 Å². The molecule has 0 amide bonds. The molecule has 1 heterocycles. The Morgan fingerprint density at radius 2 is 2.00 bits per heavy atom. The van der Waals surface area contributed by atoms with Gasteiger partial charge in [0, 0.05) is 0 Å². The second-order valence-corrected chi connectivity index (χ2v) is 4.74. The van der Waals surface area contributed by atoms with Gasteiger partial charge in [0.25, 0.3) is 0 Å². The maximum atomic E-state index is 10.9. The van der Waals surface area contributed by atoms with Crippen molar-refractivity contribution >= 4 is 9.84 Å². The van der Waals surface area contributed by atoms with Gasteiger partial charge in [-0.15, -0.1) is 0 Å². The Morgan fingerprint density at radius 1 is 1.33 bits per heavy atom. The number of hydrogen-bond acceptors (Lipinski definition) is 3. The van der Waals surface area contributed by atoms with Gasteiger partial charge < -0.3 is 5.73 Å². The quantitative estimate of drug-likeness (QED) is 0.522. The van der Waals surface area contributed by atoms with Gasteiger partial charge in [-0.25, -0.2) is 8.42 Å². The second-order valence-electron chi connectivity index (χ2n) is 2.40. The van der Waals surface area contributed by atoms with Gasteiger partial charge in [0.2, 0.25) is 0 Å². The summed E-state index contributed by atoms with van der Waals surface area (Å²) in [6, 6.07) is 0. The van der Waals surface area contributed by atoms with Crippen LogP contribution in [0.25, 0.3) is 0 Å². The van der Waals surface area contributed by atoms with Crippen LogP contribution in [0.15, 0.2) is 0 Å². The highest BCUT2D eigenvalue weighted by Gasteiger charge is 2.24. The molecule has 1 rings (SSSR count). The van der Waals surface area contributed by atoms with E-state index in [1.807, 2.05) is 0 Å². The molecule has 0 bridgehead atoms. The van der Waals surface area contributed by atoms with Gasteiger partial charge in [-0.05, 0) is 19.3 Å². The van der Waals surface area contributed by atoms with Gasteiger partial charge in [0.15, 0.2) is 9.84 Å². The van der Waals surface area contributed by atoms with Crippen molar-refractivity contribution in [3.8, 4) is 0 Å². The van der Waals surface area contributed by atoms with Crippen LogP contribution in [0, 0.1) is 0 Å². The van der Waals surface area contributed by atoms with E-state index in [1.54, 1.807) is 0 Å². The Hall–Kier alpha value is -0.0900. The van der Waals surface area contributed by atoms with Crippen LogP contribution in [0.4, 0.5) is 0 Å². The maximum Gasteiger partial charge on any atom is 0.165 e. The third kappa shape index (κ3) is 1.43. The smallest absolute Gasteiger partial charge is 0.165 e. The van der Waals surface area contributed by atoms with Crippen molar-refractivity contribution in [2.45, 2.75) is 24.6 Å². The van der Waals surface area contributed by atoms with Crippen molar-refractivity contribution in [3.05, 3.63) is 0 Å². The lowest BCUT2D eigenvalue weighted by Crippen LogP contribution is -2.35. The molecule has 1 unspecified atom stereocenters. The number of nitrogens with two attached hydrogens (primary N) is 1. The summed E-state index contributed by atoms with van der Waals surface area (Å²) in [6.45, 7) is 0. The van der Waals surface area contributed by atoms with Crippen molar-refractivity contribution < 1.29 is 8.42 Å². The van der Waals surface area contributed by atoms with Gasteiger partial charge in [-0.1, -0.05) is 0 Å². The van der Waals surface area contributed by atoms with E-state index in [2.05, 4.69) is 0 Å². The van der Waals surface area contributed by atoms with Crippen LogP contribution in [-0.2, 0) is 9.84 Å². The van der Waals surface area contributed by atoms with Crippen LogP contribution in [0.1, 0.15) is 19.3 Å². The van der Waals surface area contributed by atoms with E-state index >= 15 is 0 Å². The summed E-state index contributed by atoms with van der Waals surface area (Å²) in [5.41, 5.74) is 5.32. The Balaban J connectivity index is 2.72. The first-order chi connectivity index (χ1) is 4.13. The fourth-order valence-corrected chi connectivity index (χ4v) is 2.41. The molecule has 4 heteroatoms. The van der Waals surface area contributed by atoms with Crippen LogP contribution in [-0.4, -0.2) is 19.5 Å². The Bertz CT molecular complexity index is 185. The van der Waals surface area contributed by atoms with E-state index in [0.717, 1.165) is 12.8 Å². The summed E-state index contributed by atoms with van der Waals surface area (Å²) in [5.74, 6) is 0.286. The predicted molar refractivity (Wildman–Crippen MR) is 35.6 cm³/mol. The molecule has 0 radical (unpaired) electrons. The molecule has 0 spiro atoms. The Labute approximate surface area is 55.2 Å². The van der Waals surface area contributed by atoms with Gasteiger partial charge in [0.05, 0.1) is 5.75 Å². The zero-order valence-corrected chi connectivity index (χ0v) is 6.02. The summed E-state index contributed by atoms with van der Waals surface area (Å²) in [6.07, 6.45) is 2.39. The lowest BCUT2D eigenvalue weighted by molar-refractivity contribution is 0.544. The lowest BCUT2D eigenvalue weighted by atomic mass is 10.2. The van der Waals surface area contributed by atoms with Crippen LogP contribution >= 0.6 is 0 Å². The zero-order chi connectivity index (χ0) is 6.91. The molecule has 0 saturated carbocycles. The SMILES string of the molecule is NC1CCCCS1(=O)=O. The molecule has 0 aliphatic carbocycles. The minimum absolute atomic E-state index is 0.286.